The lowest BCUT2D eigenvalue weighted by Crippen LogP contribution is -2.26. The molecule has 1 spiro atoms. The lowest BCUT2D eigenvalue weighted by molar-refractivity contribution is 0.669. The van der Waals surface area contributed by atoms with Crippen LogP contribution in [0, 0.1) is 0 Å². The minimum absolute atomic E-state index is 0.616. The molecule has 2 aliphatic carbocycles. The second kappa shape index (κ2) is 15.1. The number of nitrogens with zero attached hydrogens (tertiary/aromatic N) is 2. The molecule has 0 saturated heterocycles. The van der Waals surface area contributed by atoms with Gasteiger partial charge in [0, 0.05) is 33.7 Å². The van der Waals surface area contributed by atoms with Gasteiger partial charge in [0.15, 0.2) is 0 Å². The minimum atomic E-state index is -0.616. The van der Waals surface area contributed by atoms with Gasteiger partial charge in [-0.3, -0.25) is 0 Å². The third kappa shape index (κ3) is 5.60. The van der Waals surface area contributed by atoms with Gasteiger partial charge in [0.05, 0.1) is 22.2 Å². The van der Waals surface area contributed by atoms with E-state index in [2.05, 4.69) is 265 Å². The maximum absolute atomic E-state index is 6.63. The number of rotatable bonds is 7. The number of hydrogen-bond acceptors (Lipinski definition) is 3. The Hall–Kier alpha value is -8.92. The minimum Gasteiger partial charge on any atom is -0.456 e. The van der Waals surface area contributed by atoms with Gasteiger partial charge in [-0.25, -0.2) is 0 Å². The van der Waals surface area contributed by atoms with Crippen molar-refractivity contribution in [3.8, 4) is 33.4 Å². The van der Waals surface area contributed by atoms with Crippen molar-refractivity contribution in [2.45, 2.75) is 5.41 Å². The molecule has 0 bridgehead atoms. The lowest BCUT2D eigenvalue weighted by atomic mass is 9.70. The fourth-order valence-corrected chi connectivity index (χ4v) is 11.6. The maximum atomic E-state index is 6.63. The summed E-state index contributed by atoms with van der Waals surface area (Å²) in [5, 5.41) is 4.54. The van der Waals surface area contributed by atoms with Crippen LogP contribution in [0.25, 0.3) is 66.1 Å². The quantitative estimate of drug-likeness (QED) is 0.159. The van der Waals surface area contributed by atoms with Gasteiger partial charge in [-0.2, -0.15) is 0 Å². The van der Waals surface area contributed by atoms with E-state index in [9.17, 15) is 0 Å². The van der Waals surface area contributed by atoms with Crippen LogP contribution in [0.1, 0.15) is 22.3 Å². The van der Waals surface area contributed by atoms with Crippen molar-refractivity contribution in [2.24, 2.45) is 0 Å². The van der Waals surface area contributed by atoms with Gasteiger partial charge >= 0.3 is 0 Å². The molecule has 14 rings (SSSR count). The summed E-state index contributed by atoms with van der Waals surface area (Å²) in [6.07, 6.45) is 0. The van der Waals surface area contributed by atoms with Gasteiger partial charge in [-0.15, -0.1) is 0 Å². The zero-order valence-electron chi connectivity index (χ0n) is 37.1. The number of hydrogen-bond donors (Lipinski definition) is 0. The molecule has 318 valence electrons. The smallest absolute Gasteiger partial charge is 0.137 e. The van der Waals surface area contributed by atoms with Gasteiger partial charge in [-0.1, -0.05) is 176 Å². The van der Waals surface area contributed by atoms with E-state index in [1.807, 2.05) is 0 Å². The molecule has 0 N–H and O–H groups in total. The van der Waals surface area contributed by atoms with E-state index < -0.39 is 5.41 Å². The van der Waals surface area contributed by atoms with E-state index in [1.165, 1.54) is 55.3 Å². The molecule has 0 amide bonds. The van der Waals surface area contributed by atoms with Crippen LogP contribution >= 0.6 is 0 Å². The highest BCUT2D eigenvalue weighted by Gasteiger charge is 2.52. The molecule has 11 aromatic carbocycles. The first-order valence-electron chi connectivity index (χ1n) is 23.4. The molecule has 1 atom stereocenters. The number of para-hydroxylation sites is 3. The van der Waals surface area contributed by atoms with Gasteiger partial charge < -0.3 is 14.2 Å². The van der Waals surface area contributed by atoms with Crippen molar-refractivity contribution < 1.29 is 4.42 Å². The zero-order chi connectivity index (χ0) is 44.8. The van der Waals surface area contributed by atoms with E-state index in [-0.39, 0.29) is 0 Å². The Balaban J connectivity index is 1.08. The Kier molecular flexibility index (Phi) is 8.50. The van der Waals surface area contributed by atoms with Crippen molar-refractivity contribution in [1.29, 1.82) is 0 Å². The predicted molar refractivity (Wildman–Crippen MR) is 282 cm³/mol. The lowest BCUT2D eigenvalue weighted by Gasteiger charge is -2.34. The van der Waals surface area contributed by atoms with E-state index in [4.69, 9.17) is 4.42 Å². The van der Waals surface area contributed by atoms with E-state index in [1.54, 1.807) is 0 Å². The van der Waals surface area contributed by atoms with Gasteiger partial charge in [-0.05, 0) is 140 Å². The Morgan fingerprint density at radius 3 is 1.44 bits per heavy atom. The highest BCUT2D eigenvalue weighted by atomic mass is 16.3. The summed E-state index contributed by atoms with van der Waals surface area (Å²) in [4.78, 5) is 4.89. The molecule has 1 heterocycles. The average molecular weight is 867 g/mol. The molecule has 12 aromatic rings. The van der Waals surface area contributed by atoms with Crippen LogP contribution in [-0.4, -0.2) is 0 Å². The highest BCUT2D eigenvalue weighted by molar-refractivity contribution is 6.14. The van der Waals surface area contributed by atoms with Crippen LogP contribution < -0.4 is 9.80 Å². The fraction of sp³-hybridized carbons (Fsp3) is 0.0154. The third-order valence-electron chi connectivity index (χ3n) is 14.4. The SMILES string of the molecule is c1ccc(-c2cc3ccccc3cc2N(c2ccc3c(c2)C2(c4ccccc4-c4ccc(N(c5ccccc5)c5ccccc5)cc42)c2ccccc2-3)c2cccc3oc4ccccc4c23)cc1. The molecule has 0 radical (unpaired) electrons. The summed E-state index contributed by atoms with van der Waals surface area (Å²) in [5.41, 5.74) is 20.1. The molecule has 1 unspecified atom stereocenters. The molecule has 0 aliphatic heterocycles. The topological polar surface area (TPSA) is 19.6 Å². The van der Waals surface area contributed by atoms with Crippen molar-refractivity contribution in [3.05, 3.63) is 277 Å². The maximum Gasteiger partial charge on any atom is 0.137 e. The molecule has 1 aromatic heterocycles. The summed E-state index contributed by atoms with van der Waals surface area (Å²) in [5.74, 6) is 0. The molecular formula is C65H42N2O. The van der Waals surface area contributed by atoms with Crippen molar-refractivity contribution in [3.63, 3.8) is 0 Å². The number of furan rings is 1. The Labute approximate surface area is 395 Å². The molecule has 2 aliphatic rings. The first-order valence-corrected chi connectivity index (χ1v) is 23.4. The van der Waals surface area contributed by atoms with Crippen LogP contribution in [0.15, 0.2) is 259 Å². The number of benzene rings is 11. The van der Waals surface area contributed by atoms with E-state index in [0.717, 1.165) is 67.2 Å². The summed E-state index contributed by atoms with van der Waals surface area (Å²) < 4.78 is 6.63. The van der Waals surface area contributed by atoms with E-state index >= 15 is 0 Å². The molecule has 68 heavy (non-hydrogen) atoms. The van der Waals surface area contributed by atoms with Crippen LogP contribution in [0.2, 0.25) is 0 Å². The van der Waals surface area contributed by atoms with Crippen molar-refractivity contribution >= 4 is 66.8 Å². The first kappa shape index (κ1) is 38.4. The van der Waals surface area contributed by atoms with Gasteiger partial charge in [0.2, 0.25) is 0 Å². The van der Waals surface area contributed by atoms with Crippen LogP contribution in [0.5, 0.6) is 0 Å². The standard InChI is InChI=1S/C65H42N2O/c1-4-19-43(20-5-1)55-39-44-21-10-11-22-45(44)40-61(55)67(60-32-18-34-63-64(60)54-29-14-17-33-62(54)68-63)49-36-38-53-51-28-13-16-31-57(51)65(59(53)42-49)56-30-15-12-27-50(56)52-37-35-48(41-58(52)65)66(46-23-6-2-7-24-46)47-25-8-3-9-26-47/h1-42H. The highest BCUT2D eigenvalue weighted by Crippen LogP contribution is 2.64. The second-order valence-corrected chi connectivity index (χ2v) is 18.0. The van der Waals surface area contributed by atoms with Crippen LogP contribution in [0.3, 0.4) is 0 Å². The van der Waals surface area contributed by atoms with Crippen molar-refractivity contribution in [2.75, 3.05) is 9.80 Å². The third-order valence-corrected chi connectivity index (χ3v) is 14.4. The largest absolute Gasteiger partial charge is 0.456 e. The van der Waals surface area contributed by atoms with E-state index in [0.29, 0.717) is 0 Å². The predicted octanol–water partition coefficient (Wildman–Crippen LogP) is 17.7. The number of anilines is 6. The van der Waals surface area contributed by atoms with Gasteiger partial charge in [0.1, 0.15) is 11.2 Å². The van der Waals surface area contributed by atoms with Crippen molar-refractivity contribution in [1.82, 2.24) is 0 Å². The molecule has 3 heteroatoms. The molecule has 3 nitrogen and oxygen atoms in total. The molecule has 0 fully saturated rings. The zero-order valence-corrected chi connectivity index (χ0v) is 37.1. The Morgan fingerprint density at radius 2 is 0.794 bits per heavy atom. The summed E-state index contributed by atoms with van der Waals surface area (Å²) in [6.45, 7) is 0. The second-order valence-electron chi connectivity index (χ2n) is 18.0. The average Bonchev–Trinajstić information content (AvgIpc) is 4.04. The number of fused-ring (bicyclic) bond motifs is 14. The Bertz CT molecular complexity index is 3880. The van der Waals surface area contributed by atoms with Crippen LogP contribution in [0.4, 0.5) is 34.1 Å². The first-order chi connectivity index (χ1) is 33.7. The molecule has 0 saturated carbocycles. The Morgan fingerprint density at radius 1 is 0.294 bits per heavy atom. The normalized spacial score (nSPS) is 14.2. The monoisotopic (exact) mass is 866 g/mol. The molecular weight excluding hydrogens is 825 g/mol. The summed E-state index contributed by atoms with van der Waals surface area (Å²) in [6, 6.07) is 93.2. The fourth-order valence-electron chi connectivity index (χ4n) is 11.6. The van der Waals surface area contributed by atoms with Gasteiger partial charge in [0.25, 0.3) is 0 Å². The summed E-state index contributed by atoms with van der Waals surface area (Å²) in [7, 11) is 0. The summed E-state index contributed by atoms with van der Waals surface area (Å²) >= 11 is 0. The van der Waals surface area contributed by atoms with Crippen LogP contribution in [-0.2, 0) is 5.41 Å².